The van der Waals surface area contributed by atoms with Gasteiger partial charge in [-0.05, 0) is 35.2 Å². The fraction of sp³-hybridized carbons (Fsp3) is 0.294. The Morgan fingerprint density at radius 1 is 1.19 bits per heavy atom. The largest absolute Gasteiger partial charge is 0.481 e. The Bertz CT molecular complexity index is 621. The molecule has 2 aromatic rings. The first kappa shape index (κ1) is 15.0. The average Bonchev–Trinajstić information content (AvgIpc) is 2.47. The molecule has 0 aliphatic heterocycles. The van der Waals surface area contributed by atoms with Gasteiger partial charge in [0, 0.05) is 37.7 Å². The first-order valence-corrected chi connectivity index (χ1v) is 6.92. The van der Waals surface area contributed by atoms with Crippen molar-refractivity contribution in [3.8, 4) is 11.1 Å². The number of anilines is 1. The Balaban J connectivity index is 2.26. The second-order valence-electron chi connectivity index (χ2n) is 5.45. The van der Waals surface area contributed by atoms with Crippen molar-refractivity contribution in [3.05, 3.63) is 48.3 Å². The Labute approximate surface area is 125 Å². The summed E-state index contributed by atoms with van der Waals surface area (Å²) in [5, 5.41) is 8.89. The predicted molar refractivity (Wildman–Crippen MR) is 84.7 cm³/mol. The number of aromatic nitrogens is 1. The van der Waals surface area contributed by atoms with Gasteiger partial charge in [0.25, 0.3) is 0 Å². The van der Waals surface area contributed by atoms with Gasteiger partial charge < -0.3 is 10.0 Å². The fourth-order valence-electron chi connectivity index (χ4n) is 2.22. The molecule has 0 saturated carbocycles. The summed E-state index contributed by atoms with van der Waals surface area (Å²) in [6.45, 7) is 1.91. The summed E-state index contributed by atoms with van der Waals surface area (Å²) < 4.78 is 0. The molecule has 0 aliphatic rings. The minimum atomic E-state index is -0.789. The highest BCUT2D eigenvalue weighted by Gasteiger charge is 2.11. The van der Waals surface area contributed by atoms with E-state index in [1.54, 1.807) is 6.20 Å². The van der Waals surface area contributed by atoms with Crippen molar-refractivity contribution >= 4 is 11.7 Å². The molecule has 0 aliphatic carbocycles. The maximum absolute atomic E-state index is 10.8. The summed E-state index contributed by atoms with van der Waals surface area (Å²) in [5.74, 6) is -0.834. The van der Waals surface area contributed by atoms with E-state index in [0.717, 1.165) is 22.4 Å². The molecule has 0 radical (unpaired) electrons. The van der Waals surface area contributed by atoms with E-state index in [9.17, 15) is 4.79 Å². The van der Waals surface area contributed by atoms with E-state index in [1.807, 2.05) is 38.2 Å². The van der Waals surface area contributed by atoms with Gasteiger partial charge in [-0.15, -0.1) is 0 Å². The van der Waals surface area contributed by atoms with Crippen LogP contribution in [0, 0.1) is 0 Å². The van der Waals surface area contributed by atoms with Crippen molar-refractivity contribution in [1.82, 2.24) is 4.98 Å². The molecular weight excluding hydrogens is 264 g/mol. The molecule has 0 saturated heterocycles. The highest BCUT2D eigenvalue weighted by atomic mass is 16.4. The monoisotopic (exact) mass is 284 g/mol. The number of nitrogens with zero attached hydrogens (tertiary/aromatic N) is 2. The highest BCUT2D eigenvalue weighted by molar-refractivity contribution is 5.69. The molecule has 1 atom stereocenters. The topological polar surface area (TPSA) is 53.4 Å². The summed E-state index contributed by atoms with van der Waals surface area (Å²) in [5.41, 5.74) is 4.18. The molecular formula is C17H20N2O2. The molecule has 110 valence electrons. The first-order chi connectivity index (χ1) is 9.97. The molecule has 1 heterocycles. The predicted octanol–water partition coefficient (Wildman–Crippen LogP) is 3.39. The van der Waals surface area contributed by atoms with Gasteiger partial charge in [0.15, 0.2) is 0 Å². The second-order valence-corrected chi connectivity index (χ2v) is 5.45. The average molecular weight is 284 g/mol. The Morgan fingerprint density at radius 2 is 1.86 bits per heavy atom. The van der Waals surface area contributed by atoms with Crippen LogP contribution >= 0.6 is 0 Å². The minimum Gasteiger partial charge on any atom is -0.481 e. The van der Waals surface area contributed by atoms with Crippen LogP contribution in [0.3, 0.4) is 0 Å². The number of carboxylic acids is 1. The van der Waals surface area contributed by atoms with E-state index >= 15 is 0 Å². The van der Waals surface area contributed by atoms with Gasteiger partial charge in [0.1, 0.15) is 0 Å². The van der Waals surface area contributed by atoms with Crippen LogP contribution in [0.5, 0.6) is 0 Å². The standard InChI is InChI=1S/C17H20N2O2/c1-12(8-17(20)21)14-9-15(11-18-10-14)13-4-6-16(7-5-13)19(2)3/h4-7,9-12H,8H2,1-3H3,(H,20,21). The molecule has 4 heteroatoms. The lowest BCUT2D eigenvalue weighted by Gasteiger charge is -2.13. The summed E-state index contributed by atoms with van der Waals surface area (Å²) >= 11 is 0. The van der Waals surface area contributed by atoms with Crippen LogP contribution in [0.4, 0.5) is 5.69 Å². The van der Waals surface area contributed by atoms with E-state index in [0.29, 0.717) is 0 Å². The smallest absolute Gasteiger partial charge is 0.303 e. The van der Waals surface area contributed by atoms with Gasteiger partial charge in [-0.3, -0.25) is 9.78 Å². The van der Waals surface area contributed by atoms with Crippen molar-refractivity contribution in [2.75, 3.05) is 19.0 Å². The molecule has 4 nitrogen and oxygen atoms in total. The summed E-state index contributed by atoms with van der Waals surface area (Å²) in [6.07, 6.45) is 3.66. The van der Waals surface area contributed by atoms with Gasteiger partial charge in [0.2, 0.25) is 0 Å². The lowest BCUT2D eigenvalue weighted by atomic mass is 9.96. The quantitative estimate of drug-likeness (QED) is 0.914. The van der Waals surface area contributed by atoms with Crippen LogP contribution in [0.1, 0.15) is 24.8 Å². The molecule has 1 aromatic heterocycles. The van der Waals surface area contributed by atoms with Gasteiger partial charge in [-0.1, -0.05) is 19.1 Å². The van der Waals surface area contributed by atoms with Gasteiger partial charge in [-0.2, -0.15) is 0 Å². The zero-order valence-corrected chi connectivity index (χ0v) is 12.6. The number of carboxylic acid groups (broad SMARTS) is 1. The van der Waals surface area contributed by atoms with Crippen LogP contribution in [-0.4, -0.2) is 30.2 Å². The molecule has 1 aromatic carbocycles. The molecule has 0 fully saturated rings. The minimum absolute atomic E-state index is 0.0454. The third-order valence-electron chi connectivity index (χ3n) is 3.53. The van der Waals surface area contributed by atoms with E-state index in [2.05, 4.69) is 29.2 Å². The Morgan fingerprint density at radius 3 is 2.43 bits per heavy atom. The lowest BCUT2D eigenvalue weighted by molar-refractivity contribution is -0.137. The number of benzene rings is 1. The maximum atomic E-state index is 10.8. The molecule has 1 unspecified atom stereocenters. The second kappa shape index (κ2) is 6.39. The van der Waals surface area contributed by atoms with Crippen LogP contribution in [0.15, 0.2) is 42.7 Å². The van der Waals surface area contributed by atoms with Crippen LogP contribution in [0.25, 0.3) is 11.1 Å². The molecule has 0 bridgehead atoms. The molecule has 1 N–H and O–H groups in total. The molecule has 2 rings (SSSR count). The summed E-state index contributed by atoms with van der Waals surface area (Å²) in [6, 6.07) is 10.2. The maximum Gasteiger partial charge on any atom is 0.303 e. The van der Waals surface area contributed by atoms with E-state index in [1.165, 1.54) is 0 Å². The third-order valence-corrected chi connectivity index (χ3v) is 3.53. The SMILES string of the molecule is CC(CC(=O)O)c1cncc(-c2ccc(N(C)C)cc2)c1. The molecule has 0 spiro atoms. The fourth-order valence-corrected chi connectivity index (χ4v) is 2.22. The Kier molecular flexibility index (Phi) is 4.58. The Hall–Kier alpha value is -2.36. The number of hydrogen-bond donors (Lipinski definition) is 1. The van der Waals surface area contributed by atoms with Gasteiger partial charge in [-0.25, -0.2) is 0 Å². The van der Waals surface area contributed by atoms with E-state index in [-0.39, 0.29) is 12.3 Å². The number of aliphatic carboxylic acids is 1. The summed E-state index contributed by atoms with van der Waals surface area (Å²) in [7, 11) is 4.01. The first-order valence-electron chi connectivity index (χ1n) is 6.92. The van der Waals surface area contributed by atoms with E-state index < -0.39 is 5.97 Å². The molecule has 21 heavy (non-hydrogen) atoms. The van der Waals surface area contributed by atoms with Gasteiger partial charge >= 0.3 is 5.97 Å². The zero-order valence-electron chi connectivity index (χ0n) is 12.6. The van der Waals surface area contributed by atoms with Gasteiger partial charge in [0.05, 0.1) is 6.42 Å². The highest BCUT2D eigenvalue weighted by Crippen LogP contribution is 2.26. The lowest BCUT2D eigenvalue weighted by Crippen LogP contribution is -2.07. The molecule has 0 amide bonds. The number of rotatable bonds is 5. The number of hydrogen-bond acceptors (Lipinski definition) is 3. The van der Waals surface area contributed by atoms with Crippen molar-refractivity contribution in [2.24, 2.45) is 0 Å². The number of pyridine rings is 1. The van der Waals surface area contributed by atoms with Crippen LogP contribution in [0.2, 0.25) is 0 Å². The zero-order chi connectivity index (χ0) is 15.4. The van der Waals surface area contributed by atoms with E-state index in [4.69, 9.17) is 5.11 Å². The van der Waals surface area contributed by atoms with Crippen LogP contribution < -0.4 is 4.90 Å². The van der Waals surface area contributed by atoms with Crippen molar-refractivity contribution < 1.29 is 9.90 Å². The van der Waals surface area contributed by atoms with Crippen molar-refractivity contribution in [1.29, 1.82) is 0 Å². The third kappa shape index (κ3) is 3.81. The van der Waals surface area contributed by atoms with Crippen molar-refractivity contribution in [2.45, 2.75) is 19.3 Å². The number of carbonyl (C=O) groups is 1. The van der Waals surface area contributed by atoms with Crippen molar-refractivity contribution in [3.63, 3.8) is 0 Å². The van der Waals surface area contributed by atoms with Crippen LogP contribution in [-0.2, 0) is 4.79 Å². The summed E-state index contributed by atoms with van der Waals surface area (Å²) in [4.78, 5) is 17.1. The normalized spacial score (nSPS) is 12.0.